The van der Waals surface area contributed by atoms with Gasteiger partial charge in [-0.1, -0.05) is 6.07 Å². The second-order valence-electron chi connectivity index (χ2n) is 8.43. The maximum Gasteiger partial charge on any atom is 0.410 e. The molecule has 2 aliphatic rings. The summed E-state index contributed by atoms with van der Waals surface area (Å²) in [6.07, 6.45) is 2.33. The predicted molar refractivity (Wildman–Crippen MR) is 107 cm³/mol. The average molecular weight is 387 g/mol. The fourth-order valence-electron chi connectivity index (χ4n) is 3.57. The number of hydrogen-bond acceptors (Lipinski definition) is 4. The Morgan fingerprint density at radius 1 is 1.14 bits per heavy atom. The van der Waals surface area contributed by atoms with E-state index in [-0.39, 0.29) is 23.8 Å². The Labute approximate surface area is 166 Å². The van der Waals surface area contributed by atoms with Crippen molar-refractivity contribution in [2.75, 3.05) is 29.9 Å². The van der Waals surface area contributed by atoms with Gasteiger partial charge in [0.05, 0.1) is 0 Å². The lowest BCUT2D eigenvalue weighted by molar-refractivity contribution is -0.121. The zero-order valence-electron chi connectivity index (χ0n) is 16.9. The smallest absolute Gasteiger partial charge is 0.410 e. The molecule has 2 saturated heterocycles. The fourth-order valence-corrected chi connectivity index (χ4v) is 3.57. The molecule has 0 bridgehead atoms. The quantitative estimate of drug-likeness (QED) is 0.862. The van der Waals surface area contributed by atoms with E-state index in [4.69, 9.17) is 4.74 Å². The molecule has 0 saturated carbocycles. The van der Waals surface area contributed by atoms with Gasteiger partial charge in [0.2, 0.25) is 11.8 Å². The van der Waals surface area contributed by atoms with Gasteiger partial charge in [-0.05, 0) is 58.2 Å². The van der Waals surface area contributed by atoms with Gasteiger partial charge in [0.25, 0.3) is 0 Å². The minimum atomic E-state index is -0.521. The number of ether oxygens (including phenoxy) is 1. The van der Waals surface area contributed by atoms with Crippen LogP contribution in [0.3, 0.4) is 0 Å². The molecule has 2 heterocycles. The van der Waals surface area contributed by atoms with E-state index < -0.39 is 5.60 Å². The van der Waals surface area contributed by atoms with Crippen LogP contribution in [0, 0.1) is 5.92 Å². The first kappa shape index (κ1) is 20.2. The normalized spacial score (nSPS) is 18.3. The predicted octanol–water partition coefficient (Wildman–Crippen LogP) is 3.40. The second-order valence-corrected chi connectivity index (χ2v) is 8.43. The van der Waals surface area contributed by atoms with E-state index in [1.165, 1.54) is 0 Å². The molecule has 1 N–H and O–H groups in total. The standard InChI is InChI=1S/C21H29N3O4/c1-21(2,3)28-20(27)23-12-9-15(10-13-23)19(26)22-16-6-4-7-17(14-16)24-11-5-8-18(24)25/h4,6-7,14-15H,5,8-13H2,1-3H3,(H,22,26). The first-order valence-corrected chi connectivity index (χ1v) is 9.92. The number of benzene rings is 1. The summed E-state index contributed by atoms with van der Waals surface area (Å²) in [5.41, 5.74) is 0.990. The Bertz CT molecular complexity index is 748. The molecule has 28 heavy (non-hydrogen) atoms. The van der Waals surface area contributed by atoms with E-state index in [1.54, 1.807) is 9.80 Å². The lowest BCUT2D eigenvalue weighted by Crippen LogP contribution is -2.43. The van der Waals surface area contributed by atoms with Crippen LogP contribution >= 0.6 is 0 Å². The molecule has 152 valence electrons. The van der Waals surface area contributed by atoms with Crippen molar-refractivity contribution in [3.63, 3.8) is 0 Å². The van der Waals surface area contributed by atoms with Crippen LogP contribution in [0.4, 0.5) is 16.2 Å². The number of piperidine rings is 1. The van der Waals surface area contributed by atoms with E-state index in [9.17, 15) is 14.4 Å². The van der Waals surface area contributed by atoms with E-state index in [2.05, 4.69) is 5.32 Å². The summed E-state index contributed by atoms with van der Waals surface area (Å²) in [6, 6.07) is 7.41. The number of likely N-dealkylation sites (tertiary alicyclic amines) is 1. The highest BCUT2D eigenvalue weighted by molar-refractivity contribution is 5.97. The second kappa shape index (κ2) is 8.20. The monoisotopic (exact) mass is 387 g/mol. The molecule has 7 nitrogen and oxygen atoms in total. The molecule has 2 fully saturated rings. The molecule has 0 radical (unpaired) electrons. The molecule has 1 aromatic carbocycles. The number of amides is 3. The minimum Gasteiger partial charge on any atom is -0.444 e. The number of carbonyl (C=O) groups excluding carboxylic acids is 3. The van der Waals surface area contributed by atoms with Crippen molar-refractivity contribution < 1.29 is 19.1 Å². The van der Waals surface area contributed by atoms with Crippen LogP contribution in [0.15, 0.2) is 24.3 Å². The molecule has 0 spiro atoms. The average Bonchev–Trinajstić information content (AvgIpc) is 3.06. The van der Waals surface area contributed by atoms with E-state index in [0.29, 0.717) is 38.0 Å². The minimum absolute atomic E-state index is 0.0475. The molecule has 0 aliphatic carbocycles. The Morgan fingerprint density at radius 2 is 1.86 bits per heavy atom. The Hall–Kier alpha value is -2.57. The fraction of sp³-hybridized carbons (Fsp3) is 0.571. The molecule has 3 amide bonds. The third-order valence-corrected chi connectivity index (χ3v) is 5.02. The van der Waals surface area contributed by atoms with Gasteiger partial charge < -0.3 is 19.9 Å². The summed E-state index contributed by atoms with van der Waals surface area (Å²) in [6.45, 7) is 7.27. The van der Waals surface area contributed by atoms with Crippen molar-refractivity contribution >= 4 is 29.3 Å². The number of nitrogens with one attached hydrogen (secondary N) is 1. The third kappa shape index (κ3) is 5.03. The van der Waals surface area contributed by atoms with Crippen LogP contribution in [-0.2, 0) is 14.3 Å². The SMILES string of the molecule is CC(C)(C)OC(=O)N1CCC(C(=O)Nc2cccc(N3CCCC3=O)c2)CC1. The highest BCUT2D eigenvalue weighted by Crippen LogP contribution is 2.26. The first-order chi connectivity index (χ1) is 13.2. The van der Waals surface area contributed by atoms with Crippen LogP contribution in [-0.4, -0.2) is 48.0 Å². The summed E-state index contributed by atoms with van der Waals surface area (Å²) < 4.78 is 5.39. The zero-order valence-corrected chi connectivity index (χ0v) is 16.9. The summed E-state index contributed by atoms with van der Waals surface area (Å²) in [4.78, 5) is 40.1. The van der Waals surface area contributed by atoms with Crippen LogP contribution in [0.25, 0.3) is 0 Å². The Morgan fingerprint density at radius 3 is 2.46 bits per heavy atom. The lowest BCUT2D eigenvalue weighted by Gasteiger charge is -2.33. The lowest BCUT2D eigenvalue weighted by atomic mass is 9.96. The molecule has 0 unspecified atom stereocenters. The summed E-state index contributed by atoms with van der Waals surface area (Å²) in [5.74, 6) is -0.0671. The van der Waals surface area contributed by atoms with Crippen molar-refractivity contribution in [3.8, 4) is 0 Å². The molecule has 0 aromatic heterocycles. The van der Waals surface area contributed by atoms with Crippen molar-refractivity contribution in [2.45, 2.75) is 52.1 Å². The van der Waals surface area contributed by atoms with Crippen molar-refractivity contribution in [1.29, 1.82) is 0 Å². The van der Waals surface area contributed by atoms with Gasteiger partial charge in [-0.25, -0.2) is 4.79 Å². The van der Waals surface area contributed by atoms with Crippen molar-refractivity contribution in [3.05, 3.63) is 24.3 Å². The molecule has 0 atom stereocenters. The number of anilines is 2. The molecular weight excluding hydrogens is 358 g/mol. The largest absolute Gasteiger partial charge is 0.444 e. The maximum atomic E-state index is 12.6. The van der Waals surface area contributed by atoms with Gasteiger partial charge in [0.1, 0.15) is 5.60 Å². The summed E-state index contributed by atoms with van der Waals surface area (Å²) in [5, 5.41) is 2.96. The summed E-state index contributed by atoms with van der Waals surface area (Å²) >= 11 is 0. The van der Waals surface area contributed by atoms with Crippen LogP contribution < -0.4 is 10.2 Å². The van der Waals surface area contributed by atoms with Gasteiger partial charge in [0.15, 0.2) is 0 Å². The van der Waals surface area contributed by atoms with Crippen LogP contribution in [0.1, 0.15) is 46.5 Å². The highest BCUT2D eigenvalue weighted by atomic mass is 16.6. The van der Waals surface area contributed by atoms with Gasteiger partial charge in [0, 0.05) is 43.3 Å². The first-order valence-electron chi connectivity index (χ1n) is 9.92. The molecule has 1 aromatic rings. The Kier molecular flexibility index (Phi) is 5.91. The van der Waals surface area contributed by atoms with Crippen LogP contribution in [0.2, 0.25) is 0 Å². The molecular formula is C21H29N3O4. The van der Waals surface area contributed by atoms with Gasteiger partial charge >= 0.3 is 6.09 Å². The van der Waals surface area contributed by atoms with Gasteiger partial charge in [-0.3, -0.25) is 9.59 Å². The molecule has 2 aliphatic heterocycles. The number of carbonyl (C=O) groups is 3. The van der Waals surface area contributed by atoms with E-state index in [0.717, 1.165) is 18.7 Å². The highest BCUT2D eigenvalue weighted by Gasteiger charge is 2.30. The van der Waals surface area contributed by atoms with Gasteiger partial charge in [-0.15, -0.1) is 0 Å². The topological polar surface area (TPSA) is 79.0 Å². The molecule has 3 rings (SSSR count). The van der Waals surface area contributed by atoms with Crippen molar-refractivity contribution in [2.24, 2.45) is 5.92 Å². The number of rotatable bonds is 3. The van der Waals surface area contributed by atoms with Gasteiger partial charge in [-0.2, -0.15) is 0 Å². The number of hydrogen-bond donors (Lipinski definition) is 1. The molecule has 7 heteroatoms. The van der Waals surface area contributed by atoms with Crippen molar-refractivity contribution in [1.82, 2.24) is 4.90 Å². The zero-order chi connectivity index (χ0) is 20.3. The maximum absolute atomic E-state index is 12.6. The van der Waals surface area contributed by atoms with E-state index >= 15 is 0 Å². The summed E-state index contributed by atoms with van der Waals surface area (Å²) in [7, 11) is 0. The van der Waals surface area contributed by atoms with Crippen LogP contribution in [0.5, 0.6) is 0 Å². The third-order valence-electron chi connectivity index (χ3n) is 5.02. The number of nitrogens with zero attached hydrogens (tertiary/aromatic N) is 2. The van der Waals surface area contributed by atoms with E-state index in [1.807, 2.05) is 45.0 Å². The Balaban J connectivity index is 1.54.